The van der Waals surface area contributed by atoms with Crippen molar-refractivity contribution in [2.45, 2.75) is 6.42 Å². The van der Waals surface area contributed by atoms with Gasteiger partial charge in [-0.1, -0.05) is 18.2 Å². The highest BCUT2D eigenvalue weighted by Gasteiger charge is 2.19. The lowest BCUT2D eigenvalue weighted by atomic mass is 9.97. The molecule has 0 saturated carbocycles. The number of thioether (sulfide) groups is 1. The third-order valence-corrected chi connectivity index (χ3v) is 12.1. The molecule has 5 aromatic heterocycles. The fourth-order valence-electron chi connectivity index (χ4n) is 4.67. The highest BCUT2D eigenvalue weighted by Crippen LogP contribution is 2.47. The molecule has 0 saturated heterocycles. The number of allylic oxidation sites excluding steroid dienone is 1. The molecule has 7 rings (SSSR count). The van der Waals surface area contributed by atoms with Crippen LogP contribution in [0.4, 0.5) is 0 Å². The van der Waals surface area contributed by atoms with Gasteiger partial charge in [0.1, 0.15) is 0 Å². The number of rotatable bonds is 6. The Morgan fingerprint density at radius 1 is 0.500 bits per heavy atom. The minimum absolute atomic E-state index is 1.17. The minimum atomic E-state index is 1.17. The topological polar surface area (TPSA) is 0 Å². The quantitative estimate of drug-likeness (QED) is 0.191. The highest BCUT2D eigenvalue weighted by molar-refractivity contribution is 8.08. The Bertz CT molecular complexity index is 1560. The lowest BCUT2D eigenvalue weighted by molar-refractivity contribution is 1.28. The van der Waals surface area contributed by atoms with Crippen LogP contribution in [-0.2, 0) is 0 Å². The Kier molecular flexibility index (Phi) is 6.34. The van der Waals surface area contributed by atoms with E-state index in [1.54, 1.807) is 0 Å². The van der Waals surface area contributed by atoms with Gasteiger partial charge in [-0.15, -0.1) is 68.4 Å². The molecule has 0 atom stereocenters. The zero-order valence-electron chi connectivity index (χ0n) is 19.1. The van der Waals surface area contributed by atoms with Crippen LogP contribution in [0.5, 0.6) is 0 Å². The largest absolute Gasteiger partial charge is 0.144 e. The molecule has 6 heteroatoms. The second kappa shape index (κ2) is 9.93. The summed E-state index contributed by atoms with van der Waals surface area (Å²) in [5.74, 6) is 1.19. The van der Waals surface area contributed by atoms with Crippen LogP contribution in [0.25, 0.3) is 57.1 Å². The summed E-state index contributed by atoms with van der Waals surface area (Å²) in [4.78, 5) is 8.17. The molecule has 0 N–H and O–H groups in total. The second-order valence-corrected chi connectivity index (χ2v) is 14.2. The summed E-state index contributed by atoms with van der Waals surface area (Å²) in [6, 6.07) is 22.9. The van der Waals surface area contributed by atoms with Gasteiger partial charge in [-0.3, -0.25) is 0 Å². The van der Waals surface area contributed by atoms with Gasteiger partial charge >= 0.3 is 0 Å². The molecule has 0 radical (unpaired) electrons. The molecule has 0 unspecified atom stereocenters. The Morgan fingerprint density at radius 2 is 1.00 bits per heavy atom. The van der Waals surface area contributed by atoms with E-state index < -0.39 is 0 Å². The second-order valence-electron chi connectivity index (χ2n) is 8.45. The molecule has 0 spiro atoms. The first-order chi connectivity index (χ1) is 17.8. The average Bonchev–Trinajstić information content (AvgIpc) is 3.76. The van der Waals surface area contributed by atoms with Gasteiger partial charge in [0.05, 0.1) is 0 Å². The Hall–Kier alpha value is -2.19. The molecule has 0 nitrogen and oxygen atoms in total. The third kappa shape index (κ3) is 4.20. The summed E-state index contributed by atoms with van der Waals surface area (Å²) in [6.07, 6.45) is 3.57. The van der Waals surface area contributed by atoms with E-state index >= 15 is 0 Å². The molecule has 0 fully saturated rings. The van der Waals surface area contributed by atoms with E-state index in [-0.39, 0.29) is 0 Å². The Morgan fingerprint density at radius 3 is 1.44 bits per heavy atom. The normalized spacial score (nSPS) is 13.4. The maximum Gasteiger partial charge on any atom is 0.0429 e. The summed E-state index contributed by atoms with van der Waals surface area (Å²) in [7, 11) is 0. The first-order valence-corrected chi connectivity index (χ1v) is 17.0. The molecule has 1 aliphatic rings. The van der Waals surface area contributed by atoms with Crippen LogP contribution in [0, 0.1) is 0 Å². The molecule has 6 aromatic rings. The maximum atomic E-state index is 2.42. The van der Waals surface area contributed by atoms with Crippen LogP contribution < -0.4 is 0 Å². The maximum absolute atomic E-state index is 2.42. The molecular formula is C30H20S6. The number of thiophene rings is 5. The van der Waals surface area contributed by atoms with Crippen LogP contribution in [-0.4, -0.2) is 5.75 Å². The van der Waals surface area contributed by atoms with Crippen molar-refractivity contribution in [1.82, 2.24) is 0 Å². The fourth-order valence-corrected chi connectivity index (χ4v) is 10.1. The number of hydrogen-bond donors (Lipinski definition) is 0. The van der Waals surface area contributed by atoms with Crippen LogP contribution in [0.15, 0.2) is 93.6 Å². The average molecular weight is 573 g/mol. The van der Waals surface area contributed by atoms with Crippen molar-refractivity contribution in [3.63, 3.8) is 0 Å². The third-order valence-electron chi connectivity index (χ3n) is 6.26. The molecular weight excluding hydrogens is 553 g/mol. The summed E-state index contributed by atoms with van der Waals surface area (Å²) >= 11 is 11.2. The van der Waals surface area contributed by atoms with E-state index in [9.17, 15) is 0 Å². The van der Waals surface area contributed by atoms with Gasteiger partial charge in [-0.25, -0.2) is 0 Å². The van der Waals surface area contributed by atoms with Crippen LogP contribution in [0.1, 0.15) is 12.0 Å². The van der Waals surface area contributed by atoms with Gasteiger partial charge in [0, 0.05) is 51.7 Å². The molecule has 1 aliphatic heterocycles. The van der Waals surface area contributed by atoms with E-state index in [2.05, 4.69) is 93.6 Å². The lowest BCUT2D eigenvalue weighted by Gasteiger charge is -2.12. The van der Waals surface area contributed by atoms with Gasteiger partial charge in [0.15, 0.2) is 0 Å². The van der Waals surface area contributed by atoms with Crippen LogP contribution >= 0.6 is 68.4 Å². The molecule has 36 heavy (non-hydrogen) atoms. The van der Waals surface area contributed by atoms with Gasteiger partial charge in [-0.05, 0) is 98.5 Å². The van der Waals surface area contributed by atoms with Crippen molar-refractivity contribution < 1.29 is 0 Å². The SMILES string of the molecule is C1=C(c2ccsc2-c2cc(-c3sccc3-c3cccs3)cc(-c3sccc3-c3cccs3)c2)SCC1. The van der Waals surface area contributed by atoms with Crippen molar-refractivity contribution in [2.75, 3.05) is 5.75 Å². The Balaban J connectivity index is 1.44. The monoisotopic (exact) mass is 572 g/mol. The van der Waals surface area contributed by atoms with Crippen molar-refractivity contribution in [1.29, 1.82) is 0 Å². The zero-order chi connectivity index (χ0) is 23.9. The fraction of sp³-hybridized carbons (Fsp3) is 0.0667. The first kappa shape index (κ1) is 23.0. The summed E-state index contributed by atoms with van der Waals surface area (Å²) < 4.78 is 0. The van der Waals surface area contributed by atoms with Crippen molar-refractivity contribution in [3.05, 3.63) is 99.2 Å². The van der Waals surface area contributed by atoms with E-state index in [0.29, 0.717) is 0 Å². The first-order valence-electron chi connectivity index (χ1n) is 11.6. The van der Waals surface area contributed by atoms with Gasteiger partial charge in [0.2, 0.25) is 0 Å². The summed E-state index contributed by atoms with van der Waals surface area (Å²) in [5.41, 5.74) is 7.99. The molecule has 176 valence electrons. The lowest BCUT2D eigenvalue weighted by Crippen LogP contribution is -1.86. The van der Waals surface area contributed by atoms with E-state index in [0.717, 1.165) is 0 Å². The number of benzene rings is 1. The molecule has 1 aromatic carbocycles. The molecule has 0 aliphatic carbocycles. The minimum Gasteiger partial charge on any atom is -0.144 e. The van der Waals surface area contributed by atoms with Gasteiger partial charge < -0.3 is 0 Å². The smallest absolute Gasteiger partial charge is 0.0429 e. The van der Waals surface area contributed by atoms with Crippen LogP contribution in [0.2, 0.25) is 0 Å². The van der Waals surface area contributed by atoms with E-state index in [1.807, 2.05) is 68.4 Å². The van der Waals surface area contributed by atoms with Gasteiger partial charge in [-0.2, -0.15) is 0 Å². The highest BCUT2D eigenvalue weighted by atomic mass is 32.2. The Labute approximate surface area is 235 Å². The number of hydrogen-bond acceptors (Lipinski definition) is 6. The summed E-state index contributed by atoms with van der Waals surface area (Å²) in [6.45, 7) is 0. The van der Waals surface area contributed by atoms with Crippen molar-refractivity contribution >= 4 is 73.4 Å². The van der Waals surface area contributed by atoms with Crippen molar-refractivity contribution in [3.8, 4) is 52.2 Å². The predicted molar refractivity (Wildman–Crippen MR) is 168 cm³/mol. The standard InChI is InChI=1S/C30H20S6/c1-4-25(31-10-1)22-7-13-34-28(22)19-16-20(29-23(8-14-35-29)26-5-2-11-32-26)18-21(17-19)30-24(9-15-36-30)27-6-3-12-33-27/h1-2,4-11,13-18H,3,12H2. The molecule has 0 amide bonds. The van der Waals surface area contributed by atoms with Crippen molar-refractivity contribution in [2.24, 2.45) is 0 Å². The van der Waals surface area contributed by atoms with E-state index in [1.165, 1.54) is 74.8 Å². The summed E-state index contributed by atoms with van der Waals surface area (Å²) in [5, 5.41) is 11.1. The van der Waals surface area contributed by atoms with Crippen LogP contribution in [0.3, 0.4) is 0 Å². The van der Waals surface area contributed by atoms with Gasteiger partial charge in [0.25, 0.3) is 0 Å². The van der Waals surface area contributed by atoms with E-state index in [4.69, 9.17) is 0 Å². The molecule has 0 bridgehead atoms. The molecule has 6 heterocycles. The predicted octanol–water partition coefficient (Wildman–Crippen LogP) is 11.8. The zero-order valence-corrected chi connectivity index (χ0v) is 24.0.